The van der Waals surface area contributed by atoms with Gasteiger partial charge in [0.1, 0.15) is 5.60 Å². The first-order valence-electron chi connectivity index (χ1n) is 7.66. The minimum atomic E-state index is -0.432. The number of nitrogens with one attached hydrogen (secondary N) is 1. The normalized spacial score (nSPS) is 25.9. The largest absolute Gasteiger partial charge is 0.444 e. The maximum atomic E-state index is 11.9. The zero-order valence-corrected chi connectivity index (χ0v) is 13.3. The van der Waals surface area contributed by atoms with Crippen LogP contribution in [0.2, 0.25) is 0 Å². The molecule has 112 valence electrons. The molecule has 0 aromatic carbocycles. The molecule has 0 aromatic rings. The molecule has 3 heteroatoms. The van der Waals surface area contributed by atoms with Crippen LogP contribution in [0.15, 0.2) is 23.3 Å². The second-order valence-corrected chi connectivity index (χ2v) is 7.21. The van der Waals surface area contributed by atoms with Gasteiger partial charge in [0.25, 0.3) is 0 Å². The van der Waals surface area contributed by atoms with E-state index in [1.165, 1.54) is 11.1 Å². The van der Waals surface area contributed by atoms with Crippen LogP contribution >= 0.6 is 0 Å². The Balaban J connectivity index is 1.95. The minimum Gasteiger partial charge on any atom is -0.444 e. The van der Waals surface area contributed by atoms with Gasteiger partial charge in [-0.2, -0.15) is 0 Å². The third-order valence-electron chi connectivity index (χ3n) is 4.03. The van der Waals surface area contributed by atoms with E-state index >= 15 is 0 Å². The average molecular weight is 277 g/mol. The van der Waals surface area contributed by atoms with Gasteiger partial charge in [-0.3, -0.25) is 0 Å². The van der Waals surface area contributed by atoms with Gasteiger partial charge >= 0.3 is 6.09 Å². The Bertz CT molecular complexity index is 440. The average Bonchev–Trinajstić information content (AvgIpc) is 2.69. The summed E-state index contributed by atoms with van der Waals surface area (Å²) in [4.78, 5) is 11.9. The molecule has 0 radical (unpaired) electrons. The van der Waals surface area contributed by atoms with Gasteiger partial charge in [0.05, 0.1) is 0 Å². The number of carbonyl (C=O) groups is 1. The van der Waals surface area contributed by atoms with Crippen LogP contribution < -0.4 is 5.32 Å². The predicted molar refractivity (Wildman–Crippen MR) is 81.5 cm³/mol. The monoisotopic (exact) mass is 277 g/mol. The molecule has 2 aliphatic carbocycles. The zero-order chi connectivity index (χ0) is 14.9. The Morgan fingerprint density at radius 1 is 1.40 bits per heavy atom. The number of fused-ring (bicyclic) bond motifs is 1. The van der Waals surface area contributed by atoms with Crippen LogP contribution in [0.1, 0.15) is 53.9 Å². The fraction of sp³-hybridized carbons (Fsp3) is 0.706. The molecule has 2 atom stereocenters. The van der Waals surface area contributed by atoms with E-state index in [9.17, 15) is 4.79 Å². The highest BCUT2D eigenvalue weighted by molar-refractivity contribution is 5.68. The molecule has 20 heavy (non-hydrogen) atoms. The van der Waals surface area contributed by atoms with Crippen molar-refractivity contribution >= 4 is 6.09 Å². The van der Waals surface area contributed by atoms with Crippen LogP contribution in [0.25, 0.3) is 0 Å². The molecule has 0 spiro atoms. The Morgan fingerprint density at radius 2 is 2.10 bits per heavy atom. The van der Waals surface area contributed by atoms with E-state index in [0.717, 1.165) is 19.3 Å². The maximum absolute atomic E-state index is 11.9. The van der Waals surface area contributed by atoms with Crippen LogP contribution in [0.3, 0.4) is 0 Å². The lowest BCUT2D eigenvalue weighted by atomic mass is 9.85. The first kappa shape index (κ1) is 15.1. The second kappa shape index (κ2) is 5.63. The molecule has 1 amide bonds. The molecule has 0 aromatic heterocycles. The zero-order valence-electron chi connectivity index (χ0n) is 13.3. The van der Waals surface area contributed by atoms with E-state index in [0.29, 0.717) is 11.8 Å². The molecular formula is C17H27NO2. The van der Waals surface area contributed by atoms with Crippen molar-refractivity contribution in [3.63, 3.8) is 0 Å². The first-order chi connectivity index (χ1) is 9.26. The third kappa shape index (κ3) is 3.65. The summed E-state index contributed by atoms with van der Waals surface area (Å²) < 4.78 is 5.35. The van der Waals surface area contributed by atoms with Gasteiger partial charge in [-0.25, -0.2) is 4.79 Å². The van der Waals surface area contributed by atoms with Gasteiger partial charge in [-0.1, -0.05) is 31.6 Å². The van der Waals surface area contributed by atoms with Gasteiger partial charge in [-0.05, 0) is 51.5 Å². The van der Waals surface area contributed by atoms with E-state index in [1.807, 2.05) is 20.8 Å². The molecule has 0 aliphatic heterocycles. The summed E-state index contributed by atoms with van der Waals surface area (Å²) in [6, 6.07) is 0.223. The van der Waals surface area contributed by atoms with Gasteiger partial charge < -0.3 is 10.1 Å². The number of allylic oxidation sites excluding steroid dienone is 3. The summed E-state index contributed by atoms with van der Waals surface area (Å²) in [7, 11) is 0. The molecule has 1 fully saturated rings. The smallest absolute Gasteiger partial charge is 0.407 e. The molecule has 0 saturated heterocycles. The fourth-order valence-corrected chi connectivity index (χ4v) is 3.03. The highest BCUT2D eigenvalue weighted by Crippen LogP contribution is 2.39. The van der Waals surface area contributed by atoms with Gasteiger partial charge in [0.15, 0.2) is 0 Å². The van der Waals surface area contributed by atoms with Crippen molar-refractivity contribution < 1.29 is 9.53 Å². The Morgan fingerprint density at radius 3 is 2.70 bits per heavy atom. The van der Waals surface area contributed by atoms with Crippen molar-refractivity contribution in [2.45, 2.75) is 65.5 Å². The van der Waals surface area contributed by atoms with Crippen molar-refractivity contribution in [3.05, 3.63) is 23.3 Å². The lowest BCUT2D eigenvalue weighted by Gasteiger charge is -2.26. The summed E-state index contributed by atoms with van der Waals surface area (Å²) in [6.45, 7) is 10.1. The minimum absolute atomic E-state index is 0.223. The molecular weight excluding hydrogens is 250 g/mol. The van der Waals surface area contributed by atoms with E-state index < -0.39 is 5.60 Å². The third-order valence-corrected chi connectivity index (χ3v) is 4.03. The summed E-state index contributed by atoms with van der Waals surface area (Å²) in [6.07, 6.45) is 7.54. The summed E-state index contributed by atoms with van der Waals surface area (Å²) in [5.41, 5.74) is 2.50. The molecule has 2 aliphatic rings. The van der Waals surface area contributed by atoms with E-state index in [4.69, 9.17) is 4.74 Å². The topological polar surface area (TPSA) is 38.3 Å². The predicted octanol–water partition coefficient (Wildman–Crippen LogP) is 4.20. The maximum Gasteiger partial charge on any atom is 0.407 e. The SMILES string of the molecule is CC(C)C1=CCC2C(=C1)CCC2NC(=O)OC(C)(C)C. The van der Waals surface area contributed by atoms with Gasteiger partial charge in [0.2, 0.25) is 0 Å². The van der Waals surface area contributed by atoms with Crippen molar-refractivity contribution in [1.29, 1.82) is 0 Å². The van der Waals surface area contributed by atoms with E-state index in [-0.39, 0.29) is 12.1 Å². The molecule has 2 unspecified atom stereocenters. The number of carbonyl (C=O) groups excluding carboxylic acids is 1. The van der Waals surface area contributed by atoms with Crippen molar-refractivity contribution in [3.8, 4) is 0 Å². The lowest BCUT2D eigenvalue weighted by Crippen LogP contribution is -2.41. The van der Waals surface area contributed by atoms with Gasteiger partial charge in [-0.15, -0.1) is 0 Å². The number of alkyl carbamates (subject to hydrolysis) is 1. The summed E-state index contributed by atoms with van der Waals surface area (Å²) in [5, 5.41) is 3.05. The highest BCUT2D eigenvalue weighted by Gasteiger charge is 2.34. The lowest BCUT2D eigenvalue weighted by molar-refractivity contribution is 0.0495. The standard InChI is InChI=1S/C17H27NO2/c1-11(2)12-6-8-14-13(10-12)7-9-15(14)18-16(19)20-17(3,4)5/h6,10-11,14-15H,7-9H2,1-5H3,(H,18,19). The van der Waals surface area contributed by atoms with Crippen LogP contribution in [0.5, 0.6) is 0 Å². The number of ether oxygens (including phenoxy) is 1. The number of hydrogen-bond donors (Lipinski definition) is 1. The molecule has 0 heterocycles. The van der Waals surface area contributed by atoms with Gasteiger partial charge in [0, 0.05) is 12.0 Å². The first-order valence-corrected chi connectivity index (χ1v) is 7.66. The Labute approximate surface area is 122 Å². The van der Waals surface area contributed by atoms with Crippen LogP contribution in [0.4, 0.5) is 4.79 Å². The molecule has 2 rings (SSSR count). The summed E-state index contributed by atoms with van der Waals surface area (Å²) >= 11 is 0. The van der Waals surface area contributed by atoms with E-state index in [2.05, 4.69) is 31.3 Å². The summed E-state index contributed by atoms with van der Waals surface area (Å²) in [5.74, 6) is 1.05. The molecule has 0 bridgehead atoms. The molecule has 1 N–H and O–H groups in total. The Hall–Kier alpha value is -1.25. The van der Waals surface area contributed by atoms with Crippen molar-refractivity contribution in [2.75, 3.05) is 0 Å². The molecule has 3 nitrogen and oxygen atoms in total. The van der Waals surface area contributed by atoms with Crippen molar-refractivity contribution in [1.82, 2.24) is 5.32 Å². The number of hydrogen-bond acceptors (Lipinski definition) is 2. The number of amides is 1. The van der Waals surface area contributed by atoms with Crippen LogP contribution in [-0.2, 0) is 4.74 Å². The quantitative estimate of drug-likeness (QED) is 0.821. The molecule has 1 saturated carbocycles. The fourth-order valence-electron chi connectivity index (χ4n) is 3.03. The van der Waals surface area contributed by atoms with E-state index in [1.54, 1.807) is 0 Å². The highest BCUT2D eigenvalue weighted by atomic mass is 16.6. The van der Waals surface area contributed by atoms with Crippen molar-refractivity contribution in [2.24, 2.45) is 11.8 Å². The second-order valence-electron chi connectivity index (χ2n) is 7.21. The Kier molecular flexibility index (Phi) is 4.26. The van der Waals surface area contributed by atoms with Crippen LogP contribution in [0, 0.1) is 11.8 Å². The number of rotatable bonds is 2. The van der Waals surface area contributed by atoms with Crippen LogP contribution in [-0.4, -0.2) is 17.7 Å².